The average molecular weight is 227 g/mol. The summed E-state index contributed by atoms with van der Waals surface area (Å²) in [4.78, 5) is 12.1. The van der Waals surface area contributed by atoms with Gasteiger partial charge in [0.2, 0.25) is 0 Å². The van der Waals surface area contributed by atoms with Gasteiger partial charge in [0.15, 0.2) is 5.65 Å². The van der Waals surface area contributed by atoms with Gasteiger partial charge in [-0.2, -0.15) is 8.42 Å². The molecule has 0 unspecified atom stereocenters. The molecule has 0 atom stereocenters. The molecule has 1 N–H and O–H groups in total. The highest BCUT2D eigenvalue weighted by molar-refractivity contribution is 7.85. The van der Waals surface area contributed by atoms with E-state index in [9.17, 15) is 8.42 Å². The molecule has 0 radical (unpaired) electrons. The topological polar surface area (TPSA) is 93.0 Å². The van der Waals surface area contributed by atoms with Crippen molar-refractivity contribution in [3.63, 3.8) is 0 Å². The van der Waals surface area contributed by atoms with Crippen LogP contribution in [0.15, 0.2) is 30.7 Å². The van der Waals surface area contributed by atoms with E-state index in [1.807, 2.05) is 12.1 Å². The van der Waals surface area contributed by atoms with Crippen LogP contribution in [0.3, 0.4) is 0 Å². The number of hydrogen-bond acceptors (Lipinski definition) is 5. The smallest absolute Gasteiger partial charge is 0.261 e. The van der Waals surface area contributed by atoms with Gasteiger partial charge in [0, 0.05) is 18.6 Å². The normalized spacial score (nSPS) is 10.5. The minimum Gasteiger partial charge on any atom is -0.286 e. The number of hydrogen-bond donors (Lipinski definition) is 1. The van der Waals surface area contributed by atoms with Crippen molar-refractivity contribution in [1.29, 1.82) is 0 Å². The molecule has 2 aromatic rings. The number of fused-ring (bicyclic) bond motifs is 1. The Hall–Kier alpha value is -1.60. The van der Waals surface area contributed by atoms with Crippen LogP contribution in [0, 0.1) is 0 Å². The molecule has 80 valence electrons. The maximum Gasteiger partial charge on any atom is 0.261 e. The van der Waals surface area contributed by atoms with Crippen molar-refractivity contribution in [2.75, 3.05) is 6.26 Å². The van der Waals surface area contributed by atoms with Crippen LogP contribution >= 0.6 is 0 Å². The van der Waals surface area contributed by atoms with Gasteiger partial charge < -0.3 is 0 Å². The zero-order valence-corrected chi connectivity index (χ0v) is 8.72. The van der Waals surface area contributed by atoms with E-state index in [-0.39, 0.29) is 0 Å². The number of pyridine rings is 1. The highest BCUT2D eigenvalue weighted by Crippen LogP contribution is 2.00. The molecule has 0 spiro atoms. The fraction of sp³-hybridized carbons (Fsp3) is 0.125. The van der Waals surface area contributed by atoms with Crippen molar-refractivity contribution < 1.29 is 13.0 Å². The molecule has 0 saturated carbocycles. The Morgan fingerprint density at radius 1 is 1.13 bits per heavy atom. The van der Waals surface area contributed by atoms with Gasteiger partial charge in [-0.15, -0.1) is 0 Å². The first-order chi connectivity index (χ1) is 6.97. The first kappa shape index (κ1) is 11.5. The lowest BCUT2D eigenvalue weighted by atomic mass is 10.4. The molecular formula is C8H9N3O3S. The Morgan fingerprint density at radius 3 is 2.27 bits per heavy atom. The molecule has 2 rings (SSSR count). The molecule has 0 saturated heterocycles. The minimum atomic E-state index is -3.67. The molecule has 0 aromatic carbocycles. The van der Waals surface area contributed by atoms with E-state index in [1.165, 1.54) is 0 Å². The van der Waals surface area contributed by atoms with Crippen molar-refractivity contribution >= 4 is 21.3 Å². The monoisotopic (exact) mass is 227 g/mol. The van der Waals surface area contributed by atoms with Gasteiger partial charge in [0.1, 0.15) is 5.52 Å². The van der Waals surface area contributed by atoms with Crippen molar-refractivity contribution in [3.8, 4) is 0 Å². The van der Waals surface area contributed by atoms with Gasteiger partial charge in [-0.25, -0.2) is 9.97 Å². The van der Waals surface area contributed by atoms with Gasteiger partial charge in [-0.05, 0) is 12.1 Å². The SMILES string of the molecule is CS(=O)(=O)O.c1cnc2nccnc2c1. The summed E-state index contributed by atoms with van der Waals surface area (Å²) in [6.07, 6.45) is 5.71. The van der Waals surface area contributed by atoms with E-state index in [4.69, 9.17) is 4.55 Å². The Morgan fingerprint density at radius 2 is 1.67 bits per heavy atom. The third kappa shape index (κ3) is 4.99. The molecule has 0 aliphatic rings. The second-order valence-electron chi connectivity index (χ2n) is 2.64. The fourth-order valence-electron chi connectivity index (χ4n) is 0.806. The zero-order chi connectivity index (χ0) is 11.3. The molecule has 7 heteroatoms. The van der Waals surface area contributed by atoms with Crippen LogP contribution in [0.5, 0.6) is 0 Å². The quantitative estimate of drug-likeness (QED) is 0.660. The maximum absolute atomic E-state index is 9.19. The first-order valence-corrected chi connectivity index (χ1v) is 5.76. The molecular weight excluding hydrogens is 218 g/mol. The molecule has 0 aliphatic heterocycles. The van der Waals surface area contributed by atoms with Crippen molar-refractivity contribution in [2.45, 2.75) is 0 Å². The van der Waals surface area contributed by atoms with Crippen molar-refractivity contribution in [1.82, 2.24) is 15.0 Å². The van der Waals surface area contributed by atoms with Crippen molar-refractivity contribution in [3.05, 3.63) is 30.7 Å². The zero-order valence-electron chi connectivity index (χ0n) is 7.90. The molecule has 2 aromatic heterocycles. The first-order valence-electron chi connectivity index (χ1n) is 3.91. The summed E-state index contributed by atoms with van der Waals surface area (Å²) in [5.41, 5.74) is 1.54. The number of rotatable bonds is 0. The highest BCUT2D eigenvalue weighted by atomic mass is 32.2. The Bertz CT molecular complexity index is 468. The molecule has 2 heterocycles. The van der Waals surface area contributed by atoms with Crippen LogP contribution < -0.4 is 0 Å². The van der Waals surface area contributed by atoms with Gasteiger partial charge in [-0.1, -0.05) is 0 Å². The molecule has 0 bridgehead atoms. The maximum atomic E-state index is 9.19. The highest BCUT2D eigenvalue weighted by Gasteiger charge is 1.89. The van der Waals surface area contributed by atoms with E-state index < -0.39 is 10.1 Å². The second kappa shape index (κ2) is 4.76. The molecule has 15 heavy (non-hydrogen) atoms. The predicted octanol–water partition coefficient (Wildman–Crippen LogP) is 0.529. The van der Waals surface area contributed by atoms with E-state index in [2.05, 4.69) is 15.0 Å². The Kier molecular flexibility index (Phi) is 3.64. The second-order valence-corrected chi connectivity index (χ2v) is 4.10. The summed E-state index contributed by atoms with van der Waals surface area (Å²) >= 11 is 0. The van der Waals surface area contributed by atoms with Crippen LogP contribution in [-0.4, -0.2) is 34.2 Å². The van der Waals surface area contributed by atoms with Gasteiger partial charge in [0.05, 0.1) is 6.26 Å². The van der Waals surface area contributed by atoms with Crippen LogP contribution in [0.2, 0.25) is 0 Å². The summed E-state index contributed by atoms with van der Waals surface area (Å²) in [6, 6.07) is 3.73. The lowest BCUT2D eigenvalue weighted by Crippen LogP contribution is -1.88. The van der Waals surface area contributed by atoms with Crippen LogP contribution in [-0.2, 0) is 10.1 Å². The number of aromatic nitrogens is 3. The summed E-state index contributed by atoms with van der Waals surface area (Å²) in [7, 11) is -3.67. The number of nitrogens with zero attached hydrogens (tertiary/aromatic N) is 3. The van der Waals surface area contributed by atoms with Gasteiger partial charge in [-0.3, -0.25) is 9.54 Å². The van der Waals surface area contributed by atoms with E-state index in [0.717, 1.165) is 5.52 Å². The van der Waals surface area contributed by atoms with E-state index in [0.29, 0.717) is 11.9 Å². The average Bonchev–Trinajstić information content (AvgIpc) is 2.16. The summed E-state index contributed by atoms with van der Waals surface area (Å²) in [5, 5.41) is 0. The molecule has 0 amide bonds. The van der Waals surface area contributed by atoms with Gasteiger partial charge in [0.25, 0.3) is 10.1 Å². The lowest BCUT2D eigenvalue weighted by Gasteiger charge is -1.89. The lowest BCUT2D eigenvalue weighted by molar-refractivity contribution is 0.490. The Balaban J connectivity index is 0.000000195. The van der Waals surface area contributed by atoms with Crippen molar-refractivity contribution in [2.24, 2.45) is 0 Å². The minimum absolute atomic E-state index is 0.699. The summed E-state index contributed by atoms with van der Waals surface area (Å²) < 4.78 is 25.9. The molecule has 6 nitrogen and oxygen atoms in total. The molecule has 0 aliphatic carbocycles. The third-order valence-corrected chi connectivity index (χ3v) is 1.24. The van der Waals surface area contributed by atoms with Crippen LogP contribution in [0.1, 0.15) is 0 Å². The molecule has 0 fully saturated rings. The van der Waals surface area contributed by atoms with Gasteiger partial charge >= 0.3 is 0 Å². The van der Waals surface area contributed by atoms with E-state index in [1.54, 1.807) is 18.6 Å². The predicted molar refractivity (Wildman–Crippen MR) is 54.8 cm³/mol. The summed E-state index contributed by atoms with van der Waals surface area (Å²) in [6.45, 7) is 0. The van der Waals surface area contributed by atoms with Crippen LogP contribution in [0.25, 0.3) is 11.2 Å². The van der Waals surface area contributed by atoms with E-state index >= 15 is 0 Å². The Labute approximate surface area is 86.8 Å². The third-order valence-electron chi connectivity index (χ3n) is 1.24. The standard InChI is InChI=1S/C7H5N3.CH4O3S/c1-2-6-7(9-3-1)10-5-4-8-6;1-5(2,3)4/h1-5H;1H3,(H,2,3,4). The summed E-state index contributed by atoms with van der Waals surface area (Å²) in [5.74, 6) is 0. The fourth-order valence-corrected chi connectivity index (χ4v) is 0.806. The van der Waals surface area contributed by atoms with Crippen LogP contribution in [0.4, 0.5) is 0 Å². The largest absolute Gasteiger partial charge is 0.286 e.